The van der Waals surface area contributed by atoms with E-state index in [-0.39, 0.29) is 11.9 Å². The van der Waals surface area contributed by atoms with Crippen LogP contribution >= 0.6 is 11.6 Å². The Hall–Kier alpha value is -1.28. The maximum Gasteiger partial charge on any atom is 0.334 e. The Balaban J connectivity index is 2.88. The quantitative estimate of drug-likeness (QED) is 0.586. The van der Waals surface area contributed by atoms with E-state index in [0.29, 0.717) is 17.2 Å². The van der Waals surface area contributed by atoms with E-state index in [9.17, 15) is 4.79 Å². The molecular formula is C14H17ClO2. The first-order valence-corrected chi connectivity index (χ1v) is 6.09. The van der Waals surface area contributed by atoms with Crippen molar-refractivity contribution in [2.24, 2.45) is 0 Å². The largest absolute Gasteiger partial charge is 0.463 e. The highest BCUT2D eigenvalue weighted by molar-refractivity contribution is 6.30. The zero-order valence-electron chi connectivity index (χ0n) is 10.2. The lowest BCUT2D eigenvalue weighted by atomic mass is 9.90. The topological polar surface area (TPSA) is 26.3 Å². The van der Waals surface area contributed by atoms with Crippen molar-refractivity contribution in [1.82, 2.24) is 0 Å². The second-order valence-corrected chi connectivity index (χ2v) is 4.19. The number of benzene rings is 1. The van der Waals surface area contributed by atoms with Crippen LogP contribution in [0.4, 0.5) is 0 Å². The second kappa shape index (κ2) is 6.45. The molecule has 0 bridgehead atoms. The molecule has 3 heteroatoms. The highest BCUT2D eigenvalue weighted by Crippen LogP contribution is 2.28. The molecule has 0 heterocycles. The van der Waals surface area contributed by atoms with E-state index < -0.39 is 0 Å². The van der Waals surface area contributed by atoms with Gasteiger partial charge in [-0.2, -0.15) is 0 Å². The number of rotatable bonds is 5. The molecule has 0 fully saturated rings. The first kappa shape index (κ1) is 13.8. The molecule has 17 heavy (non-hydrogen) atoms. The molecule has 0 radical (unpaired) electrons. The number of esters is 1. The van der Waals surface area contributed by atoms with E-state index >= 15 is 0 Å². The standard InChI is InChI=1S/C14H17ClO2/c1-4-13(10(3)14(16)17-5-2)11-6-8-12(15)9-7-11/h6-9,13H,3-5H2,1-2H3. The van der Waals surface area contributed by atoms with Crippen LogP contribution in [0, 0.1) is 0 Å². The predicted molar refractivity (Wildman–Crippen MR) is 70.3 cm³/mol. The van der Waals surface area contributed by atoms with Crippen molar-refractivity contribution in [3.05, 3.63) is 47.0 Å². The van der Waals surface area contributed by atoms with E-state index in [4.69, 9.17) is 16.3 Å². The minimum Gasteiger partial charge on any atom is -0.463 e. The van der Waals surface area contributed by atoms with E-state index in [1.807, 2.05) is 31.2 Å². The molecule has 0 aliphatic carbocycles. The van der Waals surface area contributed by atoms with Crippen LogP contribution in [-0.2, 0) is 9.53 Å². The summed E-state index contributed by atoms with van der Waals surface area (Å²) in [6.07, 6.45) is 0.805. The van der Waals surface area contributed by atoms with Crippen molar-refractivity contribution in [1.29, 1.82) is 0 Å². The van der Waals surface area contributed by atoms with Crippen LogP contribution in [0.2, 0.25) is 5.02 Å². The van der Waals surface area contributed by atoms with Gasteiger partial charge in [-0.3, -0.25) is 0 Å². The Labute approximate surface area is 107 Å². The fourth-order valence-electron chi connectivity index (χ4n) is 1.74. The molecule has 0 saturated heterocycles. The minimum atomic E-state index is -0.325. The summed E-state index contributed by atoms with van der Waals surface area (Å²) in [4.78, 5) is 11.6. The zero-order chi connectivity index (χ0) is 12.8. The normalized spacial score (nSPS) is 11.9. The number of hydrogen-bond donors (Lipinski definition) is 0. The van der Waals surface area contributed by atoms with Gasteiger partial charge >= 0.3 is 5.97 Å². The van der Waals surface area contributed by atoms with E-state index in [1.165, 1.54) is 0 Å². The predicted octanol–water partition coefficient (Wildman–Crippen LogP) is 3.95. The van der Waals surface area contributed by atoms with E-state index in [0.717, 1.165) is 12.0 Å². The van der Waals surface area contributed by atoms with Gasteiger partial charge in [0.05, 0.1) is 6.61 Å². The van der Waals surface area contributed by atoms with Gasteiger partial charge in [0.2, 0.25) is 0 Å². The van der Waals surface area contributed by atoms with E-state index in [1.54, 1.807) is 6.92 Å². The van der Waals surface area contributed by atoms with Gasteiger partial charge in [0.25, 0.3) is 0 Å². The Morgan fingerprint density at radius 1 is 1.35 bits per heavy atom. The molecule has 0 N–H and O–H groups in total. The highest BCUT2D eigenvalue weighted by atomic mass is 35.5. The van der Waals surface area contributed by atoms with Gasteiger partial charge in [-0.05, 0) is 31.0 Å². The molecule has 1 unspecified atom stereocenters. The van der Waals surface area contributed by atoms with Crippen LogP contribution in [0.1, 0.15) is 31.7 Å². The first-order valence-electron chi connectivity index (χ1n) is 5.71. The monoisotopic (exact) mass is 252 g/mol. The van der Waals surface area contributed by atoms with Gasteiger partial charge in [-0.1, -0.05) is 37.2 Å². The third-order valence-electron chi connectivity index (χ3n) is 2.64. The molecule has 0 spiro atoms. The highest BCUT2D eigenvalue weighted by Gasteiger charge is 2.20. The summed E-state index contributed by atoms with van der Waals surface area (Å²) < 4.78 is 4.97. The lowest BCUT2D eigenvalue weighted by Crippen LogP contribution is -2.13. The van der Waals surface area contributed by atoms with Crippen LogP contribution in [0.5, 0.6) is 0 Å². The summed E-state index contributed by atoms with van der Waals surface area (Å²) in [5.74, 6) is -0.333. The summed E-state index contributed by atoms with van der Waals surface area (Å²) in [6, 6.07) is 7.47. The van der Waals surface area contributed by atoms with Crippen LogP contribution in [-0.4, -0.2) is 12.6 Å². The SMILES string of the molecule is C=C(C(=O)OCC)C(CC)c1ccc(Cl)cc1. The van der Waals surface area contributed by atoms with Crippen molar-refractivity contribution in [2.75, 3.05) is 6.61 Å². The van der Waals surface area contributed by atoms with Crippen LogP contribution in [0.3, 0.4) is 0 Å². The van der Waals surface area contributed by atoms with Gasteiger partial charge in [-0.15, -0.1) is 0 Å². The van der Waals surface area contributed by atoms with Gasteiger partial charge in [0, 0.05) is 16.5 Å². The third-order valence-corrected chi connectivity index (χ3v) is 2.89. The van der Waals surface area contributed by atoms with Crippen molar-refractivity contribution < 1.29 is 9.53 Å². The van der Waals surface area contributed by atoms with E-state index in [2.05, 4.69) is 6.58 Å². The molecular weight excluding hydrogens is 236 g/mol. The van der Waals surface area contributed by atoms with Crippen molar-refractivity contribution in [2.45, 2.75) is 26.2 Å². The van der Waals surface area contributed by atoms with Gasteiger partial charge in [-0.25, -0.2) is 4.79 Å². The lowest BCUT2D eigenvalue weighted by Gasteiger charge is -2.17. The fourth-order valence-corrected chi connectivity index (χ4v) is 1.87. The summed E-state index contributed by atoms with van der Waals surface area (Å²) in [6.45, 7) is 8.01. The molecule has 0 aliphatic rings. The molecule has 92 valence electrons. The van der Waals surface area contributed by atoms with Crippen LogP contribution < -0.4 is 0 Å². The number of halogens is 1. The molecule has 0 amide bonds. The van der Waals surface area contributed by atoms with Gasteiger partial charge < -0.3 is 4.74 Å². The summed E-state index contributed by atoms with van der Waals surface area (Å²) in [5, 5.41) is 0.686. The van der Waals surface area contributed by atoms with Crippen molar-refractivity contribution in [3.8, 4) is 0 Å². The smallest absolute Gasteiger partial charge is 0.334 e. The van der Waals surface area contributed by atoms with Crippen molar-refractivity contribution in [3.63, 3.8) is 0 Å². The molecule has 1 rings (SSSR count). The Morgan fingerprint density at radius 2 is 1.94 bits per heavy atom. The second-order valence-electron chi connectivity index (χ2n) is 3.76. The third kappa shape index (κ3) is 3.60. The number of hydrogen-bond acceptors (Lipinski definition) is 2. The van der Waals surface area contributed by atoms with Crippen LogP contribution in [0.15, 0.2) is 36.4 Å². The average Bonchev–Trinajstić information content (AvgIpc) is 2.32. The Kier molecular flexibility index (Phi) is 5.23. The van der Waals surface area contributed by atoms with Gasteiger partial charge in [0.15, 0.2) is 0 Å². The maximum atomic E-state index is 11.6. The number of carbonyl (C=O) groups excluding carboxylic acids is 1. The lowest BCUT2D eigenvalue weighted by molar-refractivity contribution is -0.138. The number of carbonyl (C=O) groups is 1. The number of ether oxygens (including phenoxy) is 1. The van der Waals surface area contributed by atoms with Gasteiger partial charge in [0.1, 0.15) is 0 Å². The Bertz CT molecular complexity index is 395. The molecule has 1 atom stereocenters. The average molecular weight is 253 g/mol. The molecule has 1 aromatic rings. The summed E-state index contributed by atoms with van der Waals surface area (Å²) in [7, 11) is 0. The molecule has 0 saturated carbocycles. The molecule has 2 nitrogen and oxygen atoms in total. The van der Waals surface area contributed by atoms with Crippen molar-refractivity contribution >= 4 is 17.6 Å². The maximum absolute atomic E-state index is 11.6. The summed E-state index contributed by atoms with van der Waals surface area (Å²) >= 11 is 5.84. The van der Waals surface area contributed by atoms with Crippen LogP contribution in [0.25, 0.3) is 0 Å². The first-order chi connectivity index (χ1) is 8.10. The fraction of sp³-hybridized carbons (Fsp3) is 0.357. The Morgan fingerprint density at radius 3 is 2.41 bits per heavy atom. The molecule has 1 aromatic carbocycles. The summed E-state index contributed by atoms with van der Waals surface area (Å²) in [5.41, 5.74) is 1.53. The zero-order valence-corrected chi connectivity index (χ0v) is 11.0. The molecule has 0 aliphatic heterocycles. The minimum absolute atomic E-state index is 0.00804. The molecule has 0 aromatic heterocycles.